The topological polar surface area (TPSA) is 46.3 Å². The van der Waals surface area contributed by atoms with E-state index in [-0.39, 0.29) is 18.3 Å². The largest absolute Gasteiger partial charge is 0.339 e. The molecule has 2 N–H and O–H groups in total. The van der Waals surface area contributed by atoms with Crippen LogP contribution in [0.4, 0.5) is 0 Å². The molecule has 0 atom stereocenters. The Morgan fingerprint density at radius 1 is 0.968 bits per heavy atom. The first-order chi connectivity index (χ1) is 14.7. The molecule has 0 saturated carbocycles. The third kappa shape index (κ3) is 5.35. The summed E-state index contributed by atoms with van der Waals surface area (Å²) in [7, 11) is 0. The first-order valence-corrected chi connectivity index (χ1v) is 10.4. The molecule has 1 amide bonds. The van der Waals surface area contributed by atoms with Crippen LogP contribution in [0.2, 0.25) is 0 Å². The zero-order chi connectivity index (χ0) is 20.9. The molecule has 1 aliphatic heterocycles. The number of hydrogen-bond donors (Lipinski definition) is 1. The standard InChI is InChI=1S/C21H22N2O.C6H4.ClH/c1-2-17-7-3-4-9-20(17)21(24)23-12-10-18(11-13-23)19-8-5-6-16(14-19)15-22;1-2-5-4-6(5)3-1;/h1,3-9,14,18H,10-13,15,22H2;1-4H;1H. The van der Waals surface area contributed by atoms with Crippen LogP contribution in [0, 0.1) is 12.3 Å². The molecule has 1 fully saturated rings. The third-order valence-electron chi connectivity index (χ3n) is 5.87. The van der Waals surface area contributed by atoms with Gasteiger partial charge in [-0.15, -0.1) is 18.8 Å². The van der Waals surface area contributed by atoms with Gasteiger partial charge in [-0.25, -0.2) is 0 Å². The first kappa shape index (κ1) is 22.6. The van der Waals surface area contributed by atoms with Gasteiger partial charge in [0.1, 0.15) is 0 Å². The molecule has 0 spiro atoms. The summed E-state index contributed by atoms with van der Waals surface area (Å²) in [5.41, 5.74) is 12.4. The van der Waals surface area contributed by atoms with Crippen molar-refractivity contribution in [3.63, 3.8) is 0 Å². The van der Waals surface area contributed by atoms with Crippen LogP contribution in [0.5, 0.6) is 0 Å². The fourth-order valence-corrected chi connectivity index (χ4v) is 4.03. The smallest absolute Gasteiger partial charge is 0.255 e. The van der Waals surface area contributed by atoms with Crippen molar-refractivity contribution < 1.29 is 4.79 Å². The lowest BCUT2D eigenvalue weighted by atomic mass is 9.88. The third-order valence-corrected chi connectivity index (χ3v) is 5.87. The van der Waals surface area contributed by atoms with Gasteiger partial charge in [0.05, 0.1) is 5.56 Å². The minimum absolute atomic E-state index is 0. The van der Waals surface area contributed by atoms with Gasteiger partial charge in [-0.1, -0.05) is 60.5 Å². The molecular formula is C27H27ClN2O. The number of nitrogens with zero attached hydrogens (tertiary/aromatic N) is 1. The molecule has 2 aromatic carbocycles. The molecule has 0 unspecified atom stereocenters. The van der Waals surface area contributed by atoms with Crippen LogP contribution in [-0.2, 0) is 6.54 Å². The van der Waals surface area contributed by atoms with Crippen molar-refractivity contribution >= 4 is 18.3 Å². The van der Waals surface area contributed by atoms with Crippen LogP contribution in [0.3, 0.4) is 0 Å². The molecule has 4 heteroatoms. The van der Waals surface area contributed by atoms with E-state index in [1.807, 2.05) is 29.2 Å². The summed E-state index contributed by atoms with van der Waals surface area (Å²) in [4.78, 5) is 14.7. The van der Waals surface area contributed by atoms with E-state index < -0.39 is 0 Å². The van der Waals surface area contributed by atoms with E-state index >= 15 is 0 Å². The second kappa shape index (κ2) is 10.3. The molecule has 3 aliphatic rings. The van der Waals surface area contributed by atoms with E-state index in [0.29, 0.717) is 23.6 Å². The number of likely N-dealkylation sites (tertiary alicyclic amines) is 1. The number of hydrogen-bond acceptors (Lipinski definition) is 2. The molecule has 31 heavy (non-hydrogen) atoms. The number of fused-ring (bicyclic) bond motifs is 1. The van der Waals surface area contributed by atoms with Gasteiger partial charge in [0.15, 0.2) is 0 Å². The minimum Gasteiger partial charge on any atom is -0.339 e. The van der Waals surface area contributed by atoms with Gasteiger partial charge in [0, 0.05) is 25.2 Å². The number of terminal acetylenes is 1. The van der Waals surface area contributed by atoms with Gasteiger partial charge in [-0.05, 0) is 59.2 Å². The monoisotopic (exact) mass is 430 g/mol. The highest BCUT2D eigenvalue weighted by Gasteiger charge is 2.25. The zero-order valence-electron chi connectivity index (χ0n) is 17.5. The number of rotatable bonds is 3. The first-order valence-electron chi connectivity index (χ1n) is 10.4. The lowest BCUT2D eigenvalue weighted by Crippen LogP contribution is -2.38. The van der Waals surface area contributed by atoms with Crippen LogP contribution < -0.4 is 5.73 Å². The second-order valence-electron chi connectivity index (χ2n) is 7.79. The van der Waals surface area contributed by atoms with Crippen molar-refractivity contribution in [1.82, 2.24) is 4.90 Å². The molecule has 0 aromatic heterocycles. The average Bonchev–Trinajstić information content (AvgIpc) is 3.43. The highest BCUT2D eigenvalue weighted by atomic mass is 35.5. The van der Waals surface area contributed by atoms with E-state index in [2.05, 4.69) is 54.5 Å². The quantitative estimate of drug-likeness (QED) is 0.452. The Hall–Kier alpha value is -3.06. The van der Waals surface area contributed by atoms with E-state index in [9.17, 15) is 4.79 Å². The number of carbonyl (C=O) groups excluding carboxylic acids is 1. The normalized spacial score (nSPS) is 13.9. The van der Waals surface area contributed by atoms with Gasteiger partial charge in [-0.3, -0.25) is 4.79 Å². The van der Waals surface area contributed by atoms with Gasteiger partial charge >= 0.3 is 0 Å². The summed E-state index contributed by atoms with van der Waals surface area (Å²) in [5.74, 6) is 3.13. The van der Waals surface area contributed by atoms with Crippen LogP contribution in [0.15, 0.2) is 72.8 Å². The maximum Gasteiger partial charge on any atom is 0.255 e. The molecular weight excluding hydrogens is 404 g/mol. The Balaban J connectivity index is 0.000000330. The van der Waals surface area contributed by atoms with Crippen molar-refractivity contribution in [3.8, 4) is 23.5 Å². The predicted octanol–water partition coefficient (Wildman–Crippen LogP) is 5.24. The lowest BCUT2D eigenvalue weighted by molar-refractivity contribution is 0.0712. The molecule has 5 rings (SSSR count). The van der Waals surface area contributed by atoms with Crippen molar-refractivity contribution in [2.75, 3.05) is 13.1 Å². The van der Waals surface area contributed by atoms with Crippen molar-refractivity contribution in [2.24, 2.45) is 5.73 Å². The Kier molecular flexibility index (Phi) is 7.52. The van der Waals surface area contributed by atoms with Gasteiger partial charge in [0.25, 0.3) is 5.91 Å². The zero-order valence-corrected chi connectivity index (χ0v) is 18.3. The second-order valence-corrected chi connectivity index (χ2v) is 7.79. The van der Waals surface area contributed by atoms with Gasteiger partial charge in [-0.2, -0.15) is 0 Å². The Labute approximate surface area is 190 Å². The SMILES string of the molecule is C#Cc1ccccc1C(=O)N1CCC(c2cccc(CN)c2)CC1.Cl.c1cc2cc-2c1. The molecule has 0 bridgehead atoms. The van der Waals surface area contributed by atoms with Crippen LogP contribution in [0.25, 0.3) is 11.1 Å². The molecule has 2 aliphatic carbocycles. The van der Waals surface area contributed by atoms with E-state index in [1.54, 1.807) is 0 Å². The maximum absolute atomic E-state index is 12.7. The number of nitrogens with two attached hydrogens (primary N) is 1. The van der Waals surface area contributed by atoms with E-state index in [4.69, 9.17) is 12.2 Å². The summed E-state index contributed by atoms with van der Waals surface area (Å²) in [6.07, 6.45) is 7.45. The van der Waals surface area contributed by atoms with E-state index in [0.717, 1.165) is 31.5 Å². The fourth-order valence-electron chi connectivity index (χ4n) is 4.03. The summed E-state index contributed by atoms with van der Waals surface area (Å²) in [6.45, 7) is 2.08. The molecule has 2 aromatic rings. The lowest BCUT2D eigenvalue weighted by Gasteiger charge is -2.32. The molecule has 158 valence electrons. The van der Waals surface area contributed by atoms with Crippen LogP contribution in [0.1, 0.15) is 45.8 Å². The number of amides is 1. The minimum atomic E-state index is 0. The van der Waals surface area contributed by atoms with Crippen molar-refractivity contribution in [2.45, 2.75) is 25.3 Å². The molecule has 1 saturated heterocycles. The van der Waals surface area contributed by atoms with Crippen LogP contribution in [-0.4, -0.2) is 23.9 Å². The van der Waals surface area contributed by atoms with Gasteiger partial charge < -0.3 is 10.6 Å². The summed E-state index contributed by atoms with van der Waals surface area (Å²) < 4.78 is 0. The molecule has 1 heterocycles. The Morgan fingerprint density at radius 3 is 2.23 bits per heavy atom. The van der Waals surface area contributed by atoms with Crippen molar-refractivity contribution in [3.05, 3.63) is 95.1 Å². The summed E-state index contributed by atoms with van der Waals surface area (Å²) in [5, 5.41) is 0. The number of carbonyl (C=O) groups is 1. The number of halogens is 1. The maximum atomic E-state index is 12.7. The van der Waals surface area contributed by atoms with Crippen molar-refractivity contribution in [1.29, 1.82) is 0 Å². The number of benzene rings is 3. The van der Waals surface area contributed by atoms with E-state index in [1.165, 1.54) is 16.7 Å². The predicted molar refractivity (Wildman–Crippen MR) is 129 cm³/mol. The summed E-state index contributed by atoms with van der Waals surface area (Å²) in [6, 6.07) is 24.3. The Bertz CT molecular complexity index is 1080. The Morgan fingerprint density at radius 2 is 1.65 bits per heavy atom. The molecule has 0 radical (unpaired) electrons. The van der Waals surface area contributed by atoms with Crippen LogP contribution >= 0.6 is 12.4 Å². The summed E-state index contributed by atoms with van der Waals surface area (Å²) >= 11 is 0. The molecule has 3 nitrogen and oxygen atoms in total. The highest BCUT2D eigenvalue weighted by Crippen LogP contribution is 2.32. The van der Waals surface area contributed by atoms with Gasteiger partial charge in [0.2, 0.25) is 0 Å². The fraction of sp³-hybridized carbons (Fsp3) is 0.222. The highest BCUT2D eigenvalue weighted by molar-refractivity contribution is 5.96. The average molecular weight is 431 g/mol. The number of piperidine rings is 1.